The molecular formula is C22H42O4. The van der Waals surface area contributed by atoms with E-state index in [9.17, 15) is 4.79 Å². The standard InChI is InChI=1S/C22H42O4/c1-6-11-12-17(7-2)13-18(8-3)15-22(10-5)16-19(9-4)20(25-26-22)14-21(23)24/h17-20H,6-16H2,1-5H3,(H,23,24). The zero-order chi connectivity index (χ0) is 19.6. The molecule has 4 heteroatoms. The summed E-state index contributed by atoms with van der Waals surface area (Å²) in [4.78, 5) is 22.7. The molecule has 0 aromatic heterocycles. The first-order valence-corrected chi connectivity index (χ1v) is 11.0. The molecule has 4 nitrogen and oxygen atoms in total. The molecule has 0 radical (unpaired) electrons. The van der Waals surface area contributed by atoms with Crippen LogP contribution in [0.5, 0.6) is 0 Å². The van der Waals surface area contributed by atoms with Crippen LogP contribution in [0.2, 0.25) is 0 Å². The van der Waals surface area contributed by atoms with Gasteiger partial charge in [-0.1, -0.05) is 73.1 Å². The molecule has 26 heavy (non-hydrogen) atoms. The molecule has 0 aliphatic carbocycles. The van der Waals surface area contributed by atoms with E-state index in [1.165, 1.54) is 38.5 Å². The first kappa shape index (κ1) is 23.4. The Bertz CT molecular complexity index is 398. The molecule has 1 rings (SSSR count). The van der Waals surface area contributed by atoms with E-state index in [0.29, 0.717) is 5.92 Å². The van der Waals surface area contributed by atoms with Crippen molar-refractivity contribution in [1.29, 1.82) is 0 Å². The van der Waals surface area contributed by atoms with Crippen molar-refractivity contribution in [3.8, 4) is 0 Å². The third-order valence-electron chi connectivity index (χ3n) is 6.50. The van der Waals surface area contributed by atoms with Crippen molar-refractivity contribution < 1.29 is 19.7 Å². The molecule has 1 saturated heterocycles. The van der Waals surface area contributed by atoms with E-state index in [1.807, 2.05) is 0 Å². The molecular weight excluding hydrogens is 328 g/mol. The van der Waals surface area contributed by atoms with Crippen LogP contribution >= 0.6 is 0 Å². The van der Waals surface area contributed by atoms with Crippen LogP contribution < -0.4 is 0 Å². The molecule has 154 valence electrons. The van der Waals surface area contributed by atoms with Gasteiger partial charge in [0.2, 0.25) is 0 Å². The van der Waals surface area contributed by atoms with E-state index in [-0.39, 0.29) is 24.0 Å². The van der Waals surface area contributed by atoms with Crippen LogP contribution in [-0.4, -0.2) is 22.8 Å². The lowest BCUT2D eigenvalue weighted by Gasteiger charge is -2.44. The molecule has 1 aliphatic rings. The molecule has 1 fully saturated rings. The Morgan fingerprint density at radius 2 is 1.85 bits per heavy atom. The minimum Gasteiger partial charge on any atom is -0.481 e. The van der Waals surface area contributed by atoms with Gasteiger partial charge in [0.15, 0.2) is 0 Å². The Hall–Kier alpha value is -0.610. The molecule has 0 amide bonds. The van der Waals surface area contributed by atoms with E-state index in [2.05, 4.69) is 34.6 Å². The van der Waals surface area contributed by atoms with Crippen molar-refractivity contribution in [2.24, 2.45) is 17.8 Å². The molecule has 5 atom stereocenters. The lowest BCUT2D eigenvalue weighted by molar-refractivity contribution is -0.424. The molecule has 1 aliphatic heterocycles. The molecule has 0 saturated carbocycles. The summed E-state index contributed by atoms with van der Waals surface area (Å²) in [6, 6.07) is 0. The minimum absolute atomic E-state index is 0.0322. The maximum atomic E-state index is 11.1. The second kappa shape index (κ2) is 12.0. The van der Waals surface area contributed by atoms with Crippen molar-refractivity contribution in [3.05, 3.63) is 0 Å². The summed E-state index contributed by atoms with van der Waals surface area (Å²) in [5.74, 6) is 0.905. The Labute approximate surface area is 161 Å². The first-order chi connectivity index (χ1) is 12.4. The molecule has 0 aromatic carbocycles. The van der Waals surface area contributed by atoms with Crippen molar-refractivity contribution in [1.82, 2.24) is 0 Å². The molecule has 0 aromatic rings. The number of rotatable bonds is 13. The fourth-order valence-corrected chi connectivity index (χ4v) is 4.50. The highest BCUT2D eigenvalue weighted by Crippen LogP contribution is 2.42. The highest BCUT2D eigenvalue weighted by molar-refractivity contribution is 5.67. The first-order valence-electron chi connectivity index (χ1n) is 11.0. The Morgan fingerprint density at radius 3 is 2.35 bits per heavy atom. The van der Waals surface area contributed by atoms with Crippen LogP contribution in [0.4, 0.5) is 0 Å². The van der Waals surface area contributed by atoms with Crippen LogP contribution in [0.15, 0.2) is 0 Å². The molecule has 5 unspecified atom stereocenters. The van der Waals surface area contributed by atoms with E-state index in [1.54, 1.807) is 0 Å². The van der Waals surface area contributed by atoms with E-state index < -0.39 is 5.97 Å². The van der Waals surface area contributed by atoms with Gasteiger partial charge in [0.25, 0.3) is 0 Å². The predicted octanol–water partition coefficient (Wildman–Crippen LogP) is 6.38. The van der Waals surface area contributed by atoms with Gasteiger partial charge in [-0.3, -0.25) is 4.79 Å². The quantitative estimate of drug-likeness (QED) is 0.382. The third kappa shape index (κ3) is 7.19. The van der Waals surface area contributed by atoms with E-state index >= 15 is 0 Å². The van der Waals surface area contributed by atoms with Gasteiger partial charge in [-0.2, -0.15) is 0 Å². The van der Waals surface area contributed by atoms with Gasteiger partial charge in [-0.15, -0.1) is 0 Å². The summed E-state index contributed by atoms with van der Waals surface area (Å²) in [5, 5.41) is 9.11. The zero-order valence-corrected chi connectivity index (χ0v) is 17.8. The predicted molar refractivity (Wildman–Crippen MR) is 106 cm³/mol. The van der Waals surface area contributed by atoms with Gasteiger partial charge in [0.05, 0.1) is 6.42 Å². The maximum absolute atomic E-state index is 11.1. The van der Waals surface area contributed by atoms with Crippen molar-refractivity contribution >= 4 is 5.97 Å². The largest absolute Gasteiger partial charge is 0.481 e. The SMILES string of the molecule is CCCCC(CC)CC(CC)CC1(CC)CC(CC)C(CC(=O)O)OO1. The summed E-state index contributed by atoms with van der Waals surface area (Å²) in [7, 11) is 0. The number of carboxylic acid groups (broad SMARTS) is 1. The number of unbranched alkanes of at least 4 members (excludes halogenated alkanes) is 1. The second-order valence-corrected chi connectivity index (χ2v) is 8.36. The van der Waals surface area contributed by atoms with Gasteiger partial charge < -0.3 is 5.11 Å². The van der Waals surface area contributed by atoms with Gasteiger partial charge in [0, 0.05) is 0 Å². The van der Waals surface area contributed by atoms with E-state index in [0.717, 1.165) is 31.6 Å². The van der Waals surface area contributed by atoms with Gasteiger partial charge in [0.1, 0.15) is 11.7 Å². The fourth-order valence-electron chi connectivity index (χ4n) is 4.50. The second-order valence-electron chi connectivity index (χ2n) is 8.36. The summed E-state index contributed by atoms with van der Waals surface area (Å²) >= 11 is 0. The fraction of sp³-hybridized carbons (Fsp3) is 0.955. The van der Waals surface area contributed by atoms with Gasteiger partial charge >= 0.3 is 5.97 Å². The van der Waals surface area contributed by atoms with Gasteiger partial charge in [-0.25, -0.2) is 9.78 Å². The summed E-state index contributed by atoms with van der Waals surface area (Å²) < 4.78 is 0. The van der Waals surface area contributed by atoms with Crippen molar-refractivity contribution in [2.45, 2.75) is 117 Å². The maximum Gasteiger partial charge on any atom is 0.306 e. The minimum atomic E-state index is -0.811. The monoisotopic (exact) mass is 370 g/mol. The average Bonchev–Trinajstić information content (AvgIpc) is 2.65. The van der Waals surface area contributed by atoms with E-state index in [4.69, 9.17) is 14.9 Å². The Balaban J connectivity index is 2.74. The third-order valence-corrected chi connectivity index (χ3v) is 6.50. The van der Waals surface area contributed by atoms with Crippen LogP contribution in [0, 0.1) is 17.8 Å². The van der Waals surface area contributed by atoms with Crippen molar-refractivity contribution in [3.63, 3.8) is 0 Å². The smallest absolute Gasteiger partial charge is 0.306 e. The average molecular weight is 371 g/mol. The number of hydrogen-bond acceptors (Lipinski definition) is 3. The molecule has 0 bridgehead atoms. The normalized spacial score (nSPS) is 28.7. The summed E-state index contributed by atoms with van der Waals surface area (Å²) in [5.41, 5.74) is -0.251. The number of hydrogen-bond donors (Lipinski definition) is 1. The van der Waals surface area contributed by atoms with Crippen molar-refractivity contribution in [2.75, 3.05) is 0 Å². The lowest BCUT2D eigenvalue weighted by atomic mass is 9.74. The number of carbonyl (C=O) groups is 1. The number of carboxylic acids is 1. The van der Waals surface area contributed by atoms with Gasteiger partial charge in [-0.05, 0) is 43.4 Å². The van der Waals surface area contributed by atoms with Crippen LogP contribution in [0.25, 0.3) is 0 Å². The Kier molecular flexibility index (Phi) is 10.8. The van der Waals surface area contributed by atoms with Crippen LogP contribution in [-0.2, 0) is 14.6 Å². The van der Waals surface area contributed by atoms with Crippen LogP contribution in [0.1, 0.15) is 105 Å². The van der Waals surface area contributed by atoms with Crippen LogP contribution in [0.3, 0.4) is 0 Å². The molecule has 1 heterocycles. The molecule has 0 spiro atoms. The Morgan fingerprint density at radius 1 is 1.15 bits per heavy atom. The number of aliphatic carboxylic acids is 1. The highest BCUT2D eigenvalue weighted by atomic mass is 17.2. The zero-order valence-electron chi connectivity index (χ0n) is 17.8. The highest BCUT2D eigenvalue weighted by Gasteiger charge is 2.43. The topological polar surface area (TPSA) is 55.8 Å². The summed E-state index contributed by atoms with van der Waals surface area (Å²) in [6.07, 6.45) is 11.1. The summed E-state index contributed by atoms with van der Waals surface area (Å²) in [6.45, 7) is 11.2. The lowest BCUT2D eigenvalue weighted by Crippen LogP contribution is -2.46. The molecule has 1 N–H and O–H groups in total.